The largest absolute Gasteiger partial charge is 0.497 e. The molecular formula is C33H38N4O5. The maximum atomic E-state index is 13.4. The maximum Gasteiger partial charge on any atom is 0.253 e. The van der Waals surface area contributed by atoms with Gasteiger partial charge in [0.2, 0.25) is 0 Å². The summed E-state index contributed by atoms with van der Waals surface area (Å²) in [5, 5.41) is 17.4. The summed E-state index contributed by atoms with van der Waals surface area (Å²) in [6, 6.07) is 23.4. The zero-order chi connectivity index (χ0) is 30.1. The van der Waals surface area contributed by atoms with Gasteiger partial charge in [0.1, 0.15) is 17.2 Å². The van der Waals surface area contributed by atoms with Gasteiger partial charge in [0.15, 0.2) is 5.89 Å². The fraction of sp³-hybridized carbons (Fsp3) is 0.303. The van der Waals surface area contributed by atoms with Crippen molar-refractivity contribution >= 4 is 11.8 Å². The number of amides is 2. The molecule has 1 heterocycles. The number of aliphatic hydroxyl groups is 1. The van der Waals surface area contributed by atoms with E-state index >= 15 is 0 Å². The Bertz CT molecular complexity index is 1490. The first-order valence-electron chi connectivity index (χ1n) is 13.9. The Labute approximate surface area is 246 Å². The van der Waals surface area contributed by atoms with E-state index in [9.17, 15) is 14.7 Å². The lowest BCUT2D eigenvalue weighted by molar-refractivity contribution is 0.0783. The third kappa shape index (κ3) is 8.28. The summed E-state index contributed by atoms with van der Waals surface area (Å²) >= 11 is 0. The average molecular weight is 571 g/mol. The van der Waals surface area contributed by atoms with Crippen LogP contribution in [0.5, 0.6) is 5.75 Å². The van der Waals surface area contributed by atoms with E-state index in [1.165, 1.54) is 4.90 Å². The van der Waals surface area contributed by atoms with E-state index < -0.39 is 12.1 Å². The zero-order valence-electron chi connectivity index (χ0n) is 24.5. The minimum Gasteiger partial charge on any atom is -0.497 e. The molecule has 0 bridgehead atoms. The van der Waals surface area contributed by atoms with Crippen molar-refractivity contribution in [2.75, 3.05) is 20.7 Å². The number of hydrogen-bond acceptors (Lipinski definition) is 7. The lowest BCUT2D eigenvalue weighted by Gasteiger charge is -2.25. The van der Waals surface area contributed by atoms with E-state index in [1.807, 2.05) is 61.5 Å². The van der Waals surface area contributed by atoms with Crippen molar-refractivity contribution in [3.05, 3.63) is 118 Å². The lowest BCUT2D eigenvalue weighted by Crippen LogP contribution is -2.48. The van der Waals surface area contributed by atoms with Crippen molar-refractivity contribution in [1.82, 2.24) is 20.5 Å². The summed E-state index contributed by atoms with van der Waals surface area (Å²) < 4.78 is 10.8. The molecule has 3 aromatic carbocycles. The number of carbonyl (C=O) groups is 2. The highest BCUT2D eigenvalue weighted by Crippen LogP contribution is 2.16. The van der Waals surface area contributed by atoms with Crippen molar-refractivity contribution in [2.45, 2.75) is 45.5 Å². The molecule has 0 saturated heterocycles. The van der Waals surface area contributed by atoms with Crippen LogP contribution < -0.4 is 15.4 Å². The van der Waals surface area contributed by atoms with Crippen LogP contribution >= 0.6 is 0 Å². The molecule has 9 nitrogen and oxygen atoms in total. The van der Waals surface area contributed by atoms with Crippen molar-refractivity contribution in [1.29, 1.82) is 0 Å². The van der Waals surface area contributed by atoms with Crippen LogP contribution in [0.25, 0.3) is 0 Å². The molecule has 2 amide bonds. The Morgan fingerprint density at radius 1 is 0.976 bits per heavy atom. The van der Waals surface area contributed by atoms with E-state index in [4.69, 9.17) is 9.15 Å². The minimum atomic E-state index is -0.870. The molecule has 0 aliphatic carbocycles. The highest BCUT2D eigenvalue weighted by Gasteiger charge is 2.23. The molecule has 9 heteroatoms. The third-order valence-corrected chi connectivity index (χ3v) is 7.00. The van der Waals surface area contributed by atoms with Crippen molar-refractivity contribution in [3.8, 4) is 5.75 Å². The monoisotopic (exact) mass is 570 g/mol. The zero-order valence-corrected chi connectivity index (χ0v) is 24.5. The Morgan fingerprint density at radius 2 is 1.69 bits per heavy atom. The Kier molecular flexibility index (Phi) is 10.5. The Morgan fingerprint density at radius 3 is 2.40 bits per heavy atom. The maximum absolute atomic E-state index is 13.4. The fourth-order valence-electron chi connectivity index (χ4n) is 4.72. The predicted molar refractivity (Wildman–Crippen MR) is 160 cm³/mol. The smallest absolute Gasteiger partial charge is 0.253 e. The summed E-state index contributed by atoms with van der Waals surface area (Å²) in [6.07, 6.45) is -0.434. The van der Waals surface area contributed by atoms with Gasteiger partial charge >= 0.3 is 0 Å². The van der Waals surface area contributed by atoms with Crippen LogP contribution in [0.15, 0.2) is 83.3 Å². The van der Waals surface area contributed by atoms with Gasteiger partial charge in [0.05, 0.1) is 25.8 Å². The molecule has 0 fully saturated rings. The normalized spacial score (nSPS) is 12.4. The van der Waals surface area contributed by atoms with Gasteiger partial charge in [0.25, 0.3) is 11.8 Å². The highest BCUT2D eigenvalue weighted by atomic mass is 16.5. The van der Waals surface area contributed by atoms with Gasteiger partial charge < -0.3 is 29.8 Å². The average Bonchev–Trinajstić information content (AvgIpc) is 3.32. The molecule has 0 aliphatic rings. The molecule has 0 spiro atoms. The van der Waals surface area contributed by atoms with E-state index in [1.54, 1.807) is 45.3 Å². The molecule has 2 atom stereocenters. The second-order valence-corrected chi connectivity index (χ2v) is 10.3. The molecular weight excluding hydrogens is 532 g/mol. The Hall–Kier alpha value is -4.47. The number of nitrogens with zero attached hydrogens (tertiary/aromatic N) is 2. The molecule has 1 aromatic heterocycles. The first-order valence-corrected chi connectivity index (χ1v) is 13.9. The molecule has 4 aromatic rings. The summed E-state index contributed by atoms with van der Waals surface area (Å²) in [6.45, 7) is 4.66. The summed E-state index contributed by atoms with van der Waals surface area (Å²) in [4.78, 5) is 32.4. The molecule has 4 rings (SSSR count). The van der Waals surface area contributed by atoms with Crippen molar-refractivity contribution in [2.24, 2.45) is 0 Å². The standard InChI is InChI=1S/C33H38N4O5/c1-22-30(35-23(2)42-22)21-37(3)33(40)27-14-9-13-26(18-27)32(39)36-29(17-24-10-6-5-7-11-24)31(38)20-34-19-25-12-8-15-28(16-25)41-4/h5-16,18,29,31,34,38H,17,19-21H2,1-4H3,(H,36,39). The van der Waals surface area contributed by atoms with Crippen LogP contribution in [0, 0.1) is 13.8 Å². The first-order chi connectivity index (χ1) is 20.2. The predicted octanol–water partition coefficient (Wildman–Crippen LogP) is 4.06. The lowest BCUT2D eigenvalue weighted by atomic mass is 10.00. The molecule has 2 unspecified atom stereocenters. The van der Waals surface area contributed by atoms with E-state index in [0.717, 1.165) is 16.9 Å². The number of ether oxygens (including phenoxy) is 1. The van der Waals surface area contributed by atoms with E-state index in [2.05, 4.69) is 15.6 Å². The third-order valence-electron chi connectivity index (χ3n) is 7.00. The number of aliphatic hydroxyl groups excluding tert-OH is 1. The number of benzene rings is 3. The Balaban J connectivity index is 1.43. The van der Waals surface area contributed by atoms with Crippen LogP contribution in [0.3, 0.4) is 0 Å². The van der Waals surface area contributed by atoms with Crippen LogP contribution in [0.4, 0.5) is 0 Å². The number of oxazole rings is 1. The second-order valence-electron chi connectivity index (χ2n) is 10.3. The quantitative estimate of drug-likeness (QED) is 0.222. The van der Waals surface area contributed by atoms with Gasteiger partial charge in [-0.05, 0) is 54.8 Å². The van der Waals surface area contributed by atoms with E-state index in [-0.39, 0.29) is 24.9 Å². The van der Waals surface area contributed by atoms with Crippen LogP contribution in [-0.2, 0) is 19.5 Å². The van der Waals surface area contributed by atoms with Gasteiger partial charge in [-0.1, -0.05) is 48.5 Å². The first kappa shape index (κ1) is 30.5. The van der Waals surface area contributed by atoms with Gasteiger partial charge in [-0.3, -0.25) is 9.59 Å². The number of rotatable bonds is 13. The number of aryl methyl sites for hydroxylation is 2. The SMILES string of the molecule is COc1cccc(CNCC(O)C(Cc2ccccc2)NC(=O)c2cccc(C(=O)N(C)Cc3nc(C)oc3C)c2)c1. The van der Waals surface area contributed by atoms with Crippen molar-refractivity contribution in [3.63, 3.8) is 0 Å². The summed E-state index contributed by atoms with van der Waals surface area (Å²) in [7, 11) is 3.31. The number of aromatic nitrogens is 1. The van der Waals surface area contributed by atoms with Gasteiger partial charge in [-0.25, -0.2) is 4.98 Å². The topological polar surface area (TPSA) is 117 Å². The van der Waals surface area contributed by atoms with Gasteiger partial charge in [-0.2, -0.15) is 0 Å². The molecule has 0 saturated carbocycles. The van der Waals surface area contributed by atoms with Crippen LogP contribution in [0.1, 0.15) is 49.2 Å². The van der Waals surface area contributed by atoms with E-state index in [0.29, 0.717) is 41.4 Å². The molecule has 42 heavy (non-hydrogen) atoms. The van der Waals surface area contributed by atoms with Gasteiger partial charge in [-0.15, -0.1) is 0 Å². The fourth-order valence-corrected chi connectivity index (χ4v) is 4.72. The number of methoxy groups -OCH3 is 1. The van der Waals surface area contributed by atoms with Crippen LogP contribution in [0.2, 0.25) is 0 Å². The molecule has 0 radical (unpaired) electrons. The summed E-state index contributed by atoms with van der Waals surface area (Å²) in [5.74, 6) is 1.36. The number of carbonyl (C=O) groups excluding carboxylic acids is 2. The number of hydrogen-bond donors (Lipinski definition) is 3. The minimum absolute atomic E-state index is 0.243. The summed E-state index contributed by atoms with van der Waals surface area (Å²) in [5.41, 5.74) is 3.40. The molecule has 220 valence electrons. The van der Waals surface area contributed by atoms with Gasteiger partial charge in [0, 0.05) is 38.2 Å². The molecule has 0 aliphatic heterocycles. The van der Waals surface area contributed by atoms with Crippen molar-refractivity contribution < 1.29 is 23.8 Å². The highest BCUT2D eigenvalue weighted by molar-refractivity contribution is 5.99. The number of nitrogens with one attached hydrogen (secondary N) is 2. The second kappa shape index (κ2) is 14.4. The molecule has 3 N–H and O–H groups in total. The van der Waals surface area contributed by atoms with Crippen LogP contribution in [-0.4, -0.2) is 59.7 Å².